The number of ether oxygens (including phenoxy) is 1. The molecule has 32 heavy (non-hydrogen) atoms. The van der Waals surface area contributed by atoms with Gasteiger partial charge in [-0.1, -0.05) is 56.1 Å². The summed E-state index contributed by atoms with van der Waals surface area (Å²) in [6.45, 7) is 8.25. The molecule has 2 unspecified atom stereocenters. The summed E-state index contributed by atoms with van der Waals surface area (Å²) >= 11 is 6.03. The number of aryl methyl sites for hydroxylation is 3. The summed E-state index contributed by atoms with van der Waals surface area (Å²) < 4.78 is 20.0. The Morgan fingerprint density at radius 2 is 1.88 bits per heavy atom. The maximum absolute atomic E-state index is 13.7. The lowest BCUT2D eigenvalue weighted by molar-refractivity contribution is -0.103. The molecular weight excluding hydrogens is 427 g/mol. The summed E-state index contributed by atoms with van der Waals surface area (Å²) in [4.78, 5) is 12.4. The Morgan fingerprint density at radius 1 is 1.22 bits per heavy atom. The van der Waals surface area contributed by atoms with Crippen LogP contribution >= 0.6 is 11.6 Å². The molecule has 2 aliphatic heterocycles. The van der Waals surface area contributed by atoms with Crippen LogP contribution in [-0.4, -0.2) is 23.6 Å². The number of carbonyl (C=O) groups is 1. The third-order valence-corrected chi connectivity index (χ3v) is 7.57. The summed E-state index contributed by atoms with van der Waals surface area (Å²) in [5, 5.41) is 11.6. The molecule has 0 spiro atoms. The lowest BCUT2D eigenvalue weighted by Crippen LogP contribution is -2.32. The molecule has 1 N–H and O–H groups in total. The number of carbonyl (C=O) groups excluding carboxylic acids is 1. The molecule has 2 fully saturated rings. The molecule has 0 saturated carbocycles. The van der Waals surface area contributed by atoms with Crippen molar-refractivity contribution >= 4 is 23.5 Å². The summed E-state index contributed by atoms with van der Waals surface area (Å²) in [7, 11) is 0. The Balaban J connectivity index is 1.79. The average molecular weight is 457 g/mol. The van der Waals surface area contributed by atoms with E-state index in [4.69, 9.17) is 16.3 Å². The molecule has 2 aromatic carbocycles. The fraction of sp³-hybridized carbons (Fsp3) is 0.444. The van der Waals surface area contributed by atoms with E-state index >= 15 is 0 Å². The Kier molecular flexibility index (Phi) is 6.46. The van der Waals surface area contributed by atoms with Crippen LogP contribution in [0, 0.1) is 24.6 Å². The van der Waals surface area contributed by atoms with Crippen molar-refractivity contribution in [2.75, 3.05) is 0 Å². The van der Waals surface area contributed by atoms with Crippen molar-refractivity contribution in [3.63, 3.8) is 0 Å². The van der Waals surface area contributed by atoms with Crippen molar-refractivity contribution in [2.24, 2.45) is 11.8 Å². The normalized spacial score (nSPS) is 27.5. The third kappa shape index (κ3) is 3.78. The van der Waals surface area contributed by atoms with Crippen LogP contribution in [-0.2, 0) is 22.4 Å². The second kappa shape index (κ2) is 8.99. The molecule has 2 aliphatic rings. The number of halogens is 2. The van der Waals surface area contributed by atoms with Crippen molar-refractivity contribution in [1.29, 1.82) is 0 Å². The van der Waals surface area contributed by atoms with Crippen LogP contribution in [0.3, 0.4) is 0 Å². The van der Waals surface area contributed by atoms with E-state index in [9.17, 15) is 14.3 Å². The van der Waals surface area contributed by atoms with Crippen molar-refractivity contribution in [3.05, 3.63) is 74.7 Å². The molecule has 170 valence electrons. The molecule has 0 aliphatic carbocycles. The molecule has 0 aromatic heterocycles. The highest BCUT2D eigenvalue weighted by Gasteiger charge is 2.54. The Labute approximate surface area is 194 Å². The molecule has 5 atom stereocenters. The maximum Gasteiger partial charge on any atom is 0.154 e. The van der Waals surface area contributed by atoms with Gasteiger partial charge in [0.2, 0.25) is 0 Å². The average Bonchev–Trinajstić information content (AvgIpc) is 3.34. The number of aliphatic hydroxyl groups is 1. The maximum atomic E-state index is 13.7. The smallest absolute Gasteiger partial charge is 0.154 e. The van der Waals surface area contributed by atoms with Gasteiger partial charge in [-0.3, -0.25) is 4.79 Å². The highest BCUT2D eigenvalue weighted by molar-refractivity contribution is 6.30. The molecule has 2 heterocycles. The number of hydrogen-bond acceptors (Lipinski definition) is 3. The first-order valence-corrected chi connectivity index (χ1v) is 11.8. The van der Waals surface area contributed by atoms with E-state index in [1.165, 1.54) is 6.07 Å². The van der Waals surface area contributed by atoms with Gasteiger partial charge in [-0.05, 0) is 66.5 Å². The summed E-state index contributed by atoms with van der Waals surface area (Å²) in [6.07, 6.45) is 2.82. The first-order chi connectivity index (χ1) is 15.3. The molecule has 0 radical (unpaired) electrons. The number of fused-ring (bicyclic) bond motifs is 2. The van der Waals surface area contributed by atoms with Gasteiger partial charge in [-0.2, -0.15) is 0 Å². The summed E-state index contributed by atoms with van der Waals surface area (Å²) in [6, 6.07) is 8.95. The van der Waals surface area contributed by atoms with Gasteiger partial charge in [0.05, 0.1) is 22.8 Å². The largest absolute Gasteiger partial charge is 0.511 e. The summed E-state index contributed by atoms with van der Waals surface area (Å²) in [5.41, 5.74) is 5.40. The Bertz CT molecular complexity index is 1050. The van der Waals surface area contributed by atoms with E-state index in [-0.39, 0.29) is 40.7 Å². The molecule has 2 aromatic rings. The number of rotatable bonds is 6. The first-order valence-electron chi connectivity index (χ1n) is 11.4. The zero-order valence-corrected chi connectivity index (χ0v) is 19.7. The SMILES string of the molecule is CCc1cc(C)cc(CC)c1/C(C=O)=C(\O)[C@H]1[C@H](C)C2CC(c3ccc(F)c(Cl)c3)[C@H]1O2. The van der Waals surface area contributed by atoms with Crippen molar-refractivity contribution in [1.82, 2.24) is 0 Å². The van der Waals surface area contributed by atoms with E-state index in [0.717, 1.165) is 53.4 Å². The third-order valence-electron chi connectivity index (χ3n) is 7.28. The van der Waals surface area contributed by atoms with Gasteiger partial charge in [-0.15, -0.1) is 0 Å². The standard InChI is InChI=1S/C27H30ClFO3/c1-5-16-9-14(3)10-17(6-2)25(16)20(13-30)26(31)24-15(4)23-12-19(27(24)32-23)18-7-8-22(29)21(28)11-18/h7-11,13,15,19,23-24,27,31H,5-6,12H2,1-4H3/b26-20-/t15-,19?,23?,24-,27-/m1/s1. The van der Waals surface area contributed by atoms with Gasteiger partial charge in [0.15, 0.2) is 6.29 Å². The highest BCUT2D eigenvalue weighted by atomic mass is 35.5. The minimum Gasteiger partial charge on any atom is -0.511 e. The number of aldehydes is 1. The zero-order valence-electron chi connectivity index (χ0n) is 19.0. The monoisotopic (exact) mass is 456 g/mol. The van der Waals surface area contributed by atoms with Crippen LogP contribution in [0.1, 0.15) is 60.9 Å². The highest BCUT2D eigenvalue weighted by Crippen LogP contribution is 2.53. The van der Waals surface area contributed by atoms with Crippen LogP contribution in [0.4, 0.5) is 4.39 Å². The van der Waals surface area contributed by atoms with Gasteiger partial charge >= 0.3 is 0 Å². The van der Waals surface area contributed by atoms with Crippen molar-refractivity contribution < 1.29 is 19.0 Å². The van der Waals surface area contributed by atoms with Gasteiger partial charge in [0.1, 0.15) is 11.6 Å². The Hall–Kier alpha value is -2.17. The van der Waals surface area contributed by atoms with E-state index in [2.05, 4.69) is 39.8 Å². The van der Waals surface area contributed by atoms with Gasteiger partial charge in [0.25, 0.3) is 0 Å². The van der Waals surface area contributed by atoms with Crippen LogP contribution < -0.4 is 0 Å². The number of hydrogen-bond donors (Lipinski definition) is 1. The number of aliphatic hydroxyl groups excluding tert-OH is 1. The van der Waals surface area contributed by atoms with Crippen LogP contribution in [0.2, 0.25) is 5.02 Å². The van der Waals surface area contributed by atoms with Crippen molar-refractivity contribution in [2.45, 2.75) is 65.1 Å². The second-order valence-electron chi connectivity index (χ2n) is 9.12. The molecule has 5 heteroatoms. The molecule has 4 rings (SSSR count). The van der Waals surface area contributed by atoms with E-state index in [1.807, 2.05) is 0 Å². The first kappa shape index (κ1) is 23.0. The molecule has 2 bridgehead atoms. The van der Waals surface area contributed by atoms with E-state index in [0.29, 0.717) is 5.57 Å². The van der Waals surface area contributed by atoms with Gasteiger partial charge in [-0.25, -0.2) is 4.39 Å². The fourth-order valence-electron chi connectivity index (χ4n) is 5.69. The second-order valence-corrected chi connectivity index (χ2v) is 9.53. The molecular formula is C27H30ClFO3. The van der Waals surface area contributed by atoms with Crippen LogP contribution in [0.5, 0.6) is 0 Å². The topological polar surface area (TPSA) is 46.5 Å². The predicted octanol–water partition coefficient (Wildman–Crippen LogP) is 6.59. The summed E-state index contributed by atoms with van der Waals surface area (Å²) in [5.74, 6) is -0.593. The van der Waals surface area contributed by atoms with Gasteiger partial charge < -0.3 is 9.84 Å². The van der Waals surface area contributed by atoms with Crippen molar-refractivity contribution in [3.8, 4) is 0 Å². The van der Waals surface area contributed by atoms with E-state index < -0.39 is 5.82 Å². The Morgan fingerprint density at radius 3 is 2.41 bits per heavy atom. The molecule has 3 nitrogen and oxygen atoms in total. The minimum atomic E-state index is -0.450. The van der Waals surface area contributed by atoms with Crippen LogP contribution in [0.15, 0.2) is 36.1 Å². The number of benzene rings is 2. The number of allylic oxidation sites excluding steroid dienone is 1. The molecule has 0 amide bonds. The lowest BCUT2D eigenvalue weighted by Gasteiger charge is -2.32. The minimum absolute atomic E-state index is 0.0105. The van der Waals surface area contributed by atoms with E-state index in [1.54, 1.807) is 12.1 Å². The lowest BCUT2D eigenvalue weighted by atomic mass is 9.70. The van der Waals surface area contributed by atoms with Gasteiger partial charge in [0, 0.05) is 11.8 Å². The predicted molar refractivity (Wildman–Crippen MR) is 126 cm³/mol. The fourth-order valence-corrected chi connectivity index (χ4v) is 5.88. The van der Waals surface area contributed by atoms with Crippen LogP contribution in [0.25, 0.3) is 5.57 Å². The molecule has 2 saturated heterocycles. The quantitative estimate of drug-likeness (QED) is 0.303. The zero-order chi connectivity index (χ0) is 23.2.